The van der Waals surface area contributed by atoms with Crippen LogP contribution < -0.4 is 9.80 Å². The van der Waals surface area contributed by atoms with Crippen LogP contribution >= 0.6 is 0 Å². The Morgan fingerprint density at radius 2 is 2.06 bits per heavy atom. The first-order valence-electron chi connectivity index (χ1n) is 10.6. The monoisotopic (exact) mass is 449 g/mol. The summed E-state index contributed by atoms with van der Waals surface area (Å²) in [6.07, 6.45) is 8.74. The zero-order valence-corrected chi connectivity index (χ0v) is 17.7. The van der Waals surface area contributed by atoms with Crippen molar-refractivity contribution in [2.45, 2.75) is 45.7 Å². The Hall–Kier alpha value is -3.82. The first kappa shape index (κ1) is 22.4. The number of nitro benzene ring substituents is 1. The topological polar surface area (TPSA) is 110 Å². The van der Waals surface area contributed by atoms with Crippen LogP contribution in [0, 0.1) is 10.1 Å². The maximum absolute atomic E-state index is 12.5. The second-order valence-corrected chi connectivity index (χ2v) is 8.22. The average molecular weight is 450 g/mol. The van der Waals surface area contributed by atoms with Gasteiger partial charge in [0.25, 0.3) is 5.69 Å². The summed E-state index contributed by atoms with van der Waals surface area (Å²) in [5.41, 5.74) is 2.71. The number of hydrogen-bond donors (Lipinski definition) is 0. The van der Waals surface area contributed by atoms with Gasteiger partial charge in [-0.3, -0.25) is 19.6 Å². The van der Waals surface area contributed by atoms with Crippen LogP contribution in [0.5, 0.6) is 0 Å². The number of nitro groups is 1. The minimum Gasteiger partial charge on any atom is -0.343 e. The van der Waals surface area contributed by atoms with Gasteiger partial charge in [0.05, 0.1) is 23.9 Å². The summed E-state index contributed by atoms with van der Waals surface area (Å²) in [7, 11) is 1.79. The van der Waals surface area contributed by atoms with Gasteiger partial charge in [0.2, 0.25) is 5.91 Å². The highest BCUT2D eigenvalue weighted by atomic mass is 16.6. The number of aryl methyl sites for hydroxylation is 2. The number of carbonyl (C=O) groups excluding carboxylic acids is 1. The molecule has 0 aliphatic carbocycles. The molecule has 2 aliphatic rings. The molecule has 1 fully saturated rings. The molecule has 1 aromatic carbocycles. The number of amides is 1. The Kier molecular flexibility index (Phi) is 6.08. The van der Waals surface area contributed by atoms with Gasteiger partial charge in [-0.15, -0.1) is 0 Å². The number of hydrogen-bond acceptors (Lipinski definition) is 7. The van der Waals surface area contributed by atoms with Crippen LogP contribution in [0.3, 0.4) is 0 Å². The highest BCUT2D eigenvalue weighted by Crippen LogP contribution is 2.37. The molecule has 1 saturated heterocycles. The second-order valence-electron chi connectivity index (χ2n) is 8.22. The highest BCUT2D eigenvalue weighted by molar-refractivity contribution is 6.04. The Morgan fingerprint density at radius 1 is 1.21 bits per heavy atom. The minimum absolute atomic E-state index is 0. The Bertz CT molecular complexity index is 1190. The SMILES string of the molecule is C.CN1C(=O)[C@@H]2CCCN2c2nc(CCc3cnn(Cc4cccc([N+](=O)[O-])c4)c3)ncc21. The van der Waals surface area contributed by atoms with Gasteiger partial charge in [0, 0.05) is 38.3 Å². The summed E-state index contributed by atoms with van der Waals surface area (Å²) in [6, 6.07) is 6.47. The smallest absolute Gasteiger partial charge is 0.269 e. The van der Waals surface area contributed by atoms with E-state index in [0.717, 1.165) is 54.3 Å². The fourth-order valence-electron chi connectivity index (χ4n) is 4.42. The van der Waals surface area contributed by atoms with Crippen LogP contribution in [0.25, 0.3) is 0 Å². The predicted molar refractivity (Wildman–Crippen MR) is 124 cm³/mol. The molecule has 5 rings (SSSR count). The third-order valence-corrected chi connectivity index (χ3v) is 6.09. The molecule has 0 unspecified atom stereocenters. The van der Waals surface area contributed by atoms with Gasteiger partial charge in [-0.1, -0.05) is 19.6 Å². The molecule has 0 radical (unpaired) electrons. The first-order valence-corrected chi connectivity index (χ1v) is 10.6. The van der Waals surface area contributed by atoms with E-state index in [1.54, 1.807) is 41.2 Å². The lowest BCUT2D eigenvalue weighted by Crippen LogP contribution is -2.49. The molecule has 4 heterocycles. The summed E-state index contributed by atoms with van der Waals surface area (Å²) in [6.45, 7) is 1.31. The third-order valence-electron chi connectivity index (χ3n) is 6.09. The number of likely N-dealkylation sites (N-methyl/N-ethyl adjacent to an activating group) is 1. The zero-order valence-electron chi connectivity index (χ0n) is 17.7. The lowest BCUT2D eigenvalue weighted by Gasteiger charge is -2.36. The second kappa shape index (κ2) is 8.97. The molecule has 2 aliphatic heterocycles. The number of non-ortho nitro benzene ring substituents is 1. The van der Waals surface area contributed by atoms with Gasteiger partial charge in [0.1, 0.15) is 17.6 Å². The number of nitrogens with zero attached hydrogens (tertiary/aromatic N) is 7. The molecular formula is C23H27N7O3. The largest absolute Gasteiger partial charge is 0.343 e. The van der Waals surface area contributed by atoms with Crippen LogP contribution in [0.1, 0.15) is 37.2 Å². The molecule has 1 atom stereocenters. The molecule has 0 spiro atoms. The number of anilines is 2. The van der Waals surface area contributed by atoms with E-state index in [0.29, 0.717) is 13.0 Å². The van der Waals surface area contributed by atoms with Crippen molar-refractivity contribution in [2.24, 2.45) is 0 Å². The van der Waals surface area contributed by atoms with Gasteiger partial charge in [-0.25, -0.2) is 9.97 Å². The van der Waals surface area contributed by atoms with E-state index in [4.69, 9.17) is 4.98 Å². The molecule has 2 aromatic heterocycles. The number of benzene rings is 1. The summed E-state index contributed by atoms with van der Waals surface area (Å²) in [5, 5.41) is 15.3. The Labute approximate surface area is 192 Å². The van der Waals surface area contributed by atoms with Crippen molar-refractivity contribution in [2.75, 3.05) is 23.4 Å². The summed E-state index contributed by atoms with van der Waals surface area (Å²) in [5.74, 6) is 1.70. The normalized spacial score (nSPS) is 16.9. The van der Waals surface area contributed by atoms with Crippen LogP contribution in [0.4, 0.5) is 17.2 Å². The summed E-state index contributed by atoms with van der Waals surface area (Å²) < 4.78 is 1.78. The first-order chi connectivity index (χ1) is 15.5. The molecule has 172 valence electrons. The quantitative estimate of drug-likeness (QED) is 0.420. The highest BCUT2D eigenvalue weighted by Gasteiger charge is 2.40. The van der Waals surface area contributed by atoms with Crippen molar-refractivity contribution in [1.29, 1.82) is 0 Å². The van der Waals surface area contributed by atoms with E-state index in [2.05, 4.69) is 15.0 Å². The fraction of sp³-hybridized carbons (Fsp3) is 0.391. The van der Waals surface area contributed by atoms with Crippen molar-refractivity contribution in [1.82, 2.24) is 19.7 Å². The Balaban J connectivity index is 0.00000259. The molecular weight excluding hydrogens is 422 g/mol. The van der Waals surface area contributed by atoms with E-state index in [1.165, 1.54) is 6.07 Å². The van der Waals surface area contributed by atoms with Crippen LogP contribution in [0.15, 0.2) is 42.9 Å². The molecule has 3 aromatic rings. The van der Waals surface area contributed by atoms with Crippen molar-refractivity contribution >= 4 is 23.1 Å². The van der Waals surface area contributed by atoms with Crippen LogP contribution in [-0.4, -0.2) is 50.2 Å². The number of aromatic nitrogens is 4. The molecule has 10 nitrogen and oxygen atoms in total. The molecule has 10 heteroatoms. The maximum Gasteiger partial charge on any atom is 0.269 e. The average Bonchev–Trinajstić information content (AvgIpc) is 3.46. The van der Waals surface area contributed by atoms with Gasteiger partial charge in [-0.2, -0.15) is 5.10 Å². The van der Waals surface area contributed by atoms with Crippen molar-refractivity contribution < 1.29 is 9.72 Å². The molecule has 1 amide bonds. The van der Waals surface area contributed by atoms with Crippen LogP contribution in [0.2, 0.25) is 0 Å². The van der Waals surface area contributed by atoms with Gasteiger partial charge >= 0.3 is 0 Å². The number of carbonyl (C=O) groups is 1. The standard InChI is InChI=1S/C22H23N7O3.CH4/c1-26-19-12-23-20(25-21(19)28-9-3-6-18(28)22(26)30)8-7-16-11-24-27(14-16)13-15-4-2-5-17(10-15)29(31)32;/h2,4-5,10-12,14,18H,3,6-9,13H2,1H3;1H4/t18-;/m0./s1. The molecule has 0 saturated carbocycles. The summed E-state index contributed by atoms with van der Waals surface area (Å²) >= 11 is 0. The lowest BCUT2D eigenvalue weighted by molar-refractivity contribution is -0.384. The molecule has 33 heavy (non-hydrogen) atoms. The van der Waals surface area contributed by atoms with E-state index >= 15 is 0 Å². The van der Waals surface area contributed by atoms with Gasteiger partial charge < -0.3 is 9.80 Å². The van der Waals surface area contributed by atoms with Crippen molar-refractivity contribution in [3.63, 3.8) is 0 Å². The molecule has 0 N–H and O–H groups in total. The number of rotatable bonds is 6. The van der Waals surface area contributed by atoms with Crippen molar-refractivity contribution in [3.8, 4) is 0 Å². The molecule has 0 bridgehead atoms. The summed E-state index contributed by atoms with van der Waals surface area (Å²) in [4.78, 5) is 36.2. The Morgan fingerprint density at radius 3 is 2.88 bits per heavy atom. The van der Waals surface area contributed by atoms with E-state index in [9.17, 15) is 14.9 Å². The number of fused-ring (bicyclic) bond motifs is 3. The van der Waals surface area contributed by atoms with Crippen molar-refractivity contribution in [3.05, 3.63) is 69.9 Å². The predicted octanol–water partition coefficient (Wildman–Crippen LogP) is 3.00. The minimum atomic E-state index is -0.394. The van der Waals surface area contributed by atoms with E-state index in [-0.39, 0.29) is 25.1 Å². The van der Waals surface area contributed by atoms with E-state index < -0.39 is 4.92 Å². The maximum atomic E-state index is 12.5. The van der Waals surface area contributed by atoms with Gasteiger partial charge in [-0.05, 0) is 30.4 Å². The fourth-order valence-corrected chi connectivity index (χ4v) is 4.42. The van der Waals surface area contributed by atoms with Gasteiger partial charge in [0.15, 0.2) is 5.82 Å². The zero-order chi connectivity index (χ0) is 22.2. The third kappa shape index (κ3) is 4.28. The van der Waals surface area contributed by atoms with Crippen LogP contribution in [-0.2, 0) is 24.2 Å². The van der Waals surface area contributed by atoms with E-state index in [1.807, 2.05) is 12.3 Å². The lowest BCUT2D eigenvalue weighted by atomic mass is 10.1.